The first-order chi connectivity index (χ1) is 16.1. The van der Waals surface area contributed by atoms with Gasteiger partial charge in [-0.1, -0.05) is 44.2 Å². The fraction of sp³-hybridized carbons (Fsp3) is 0.167. The molecule has 0 saturated carbocycles. The van der Waals surface area contributed by atoms with Gasteiger partial charge in [0.05, 0.1) is 27.2 Å². The molecule has 0 radical (unpaired) electrons. The monoisotopic (exact) mass is 482 g/mol. The second-order valence-electron chi connectivity index (χ2n) is 8.48. The second kappa shape index (κ2) is 8.79. The van der Waals surface area contributed by atoms with Crippen molar-refractivity contribution in [2.45, 2.75) is 24.2 Å². The molecule has 4 N–H and O–H groups in total. The number of nitrogens with one attached hydrogen (secondary N) is 4. The lowest BCUT2D eigenvalue weighted by molar-refractivity contribution is 0.0946. The summed E-state index contributed by atoms with van der Waals surface area (Å²) in [7, 11) is -4.06. The number of fused-ring (bicyclic) bond motifs is 1. The first-order valence-corrected chi connectivity index (χ1v) is 11.9. The maximum atomic E-state index is 14.2. The Morgan fingerprint density at radius 1 is 0.971 bits per heavy atom. The van der Waals surface area contributed by atoms with Crippen molar-refractivity contribution in [2.24, 2.45) is 0 Å². The van der Waals surface area contributed by atoms with Gasteiger partial charge in [0.1, 0.15) is 5.82 Å². The Morgan fingerprint density at radius 3 is 2.41 bits per heavy atom. The van der Waals surface area contributed by atoms with Crippen LogP contribution in [0.25, 0.3) is 11.0 Å². The highest BCUT2D eigenvalue weighted by molar-refractivity contribution is 7.92. The number of para-hydroxylation sites is 1. The van der Waals surface area contributed by atoms with Gasteiger partial charge >= 0.3 is 5.69 Å². The Kier molecular flexibility index (Phi) is 6.01. The first kappa shape index (κ1) is 23.2. The molecule has 0 fully saturated rings. The lowest BCUT2D eigenvalue weighted by atomic mass is 9.84. The number of carbonyl (C=O) groups excluding carboxylic acids is 1. The number of carbonyl (C=O) groups is 1. The van der Waals surface area contributed by atoms with E-state index in [2.05, 4.69) is 20.0 Å². The zero-order chi connectivity index (χ0) is 24.5. The number of H-pyrrole nitrogens is 2. The quantitative estimate of drug-likeness (QED) is 0.322. The van der Waals surface area contributed by atoms with Crippen molar-refractivity contribution in [2.75, 3.05) is 11.3 Å². The molecule has 1 heterocycles. The van der Waals surface area contributed by atoms with Gasteiger partial charge in [-0.3, -0.25) is 9.52 Å². The number of hydrogen-bond acceptors (Lipinski definition) is 4. The Morgan fingerprint density at radius 2 is 1.65 bits per heavy atom. The zero-order valence-electron chi connectivity index (χ0n) is 18.5. The van der Waals surface area contributed by atoms with E-state index in [1.807, 2.05) is 13.8 Å². The summed E-state index contributed by atoms with van der Waals surface area (Å²) in [5, 5.41) is 2.77. The van der Waals surface area contributed by atoms with E-state index < -0.39 is 27.0 Å². The maximum absolute atomic E-state index is 14.2. The van der Waals surface area contributed by atoms with Crippen LogP contribution in [0.1, 0.15) is 29.8 Å². The van der Waals surface area contributed by atoms with Gasteiger partial charge in [-0.25, -0.2) is 17.6 Å². The number of sulfonamides is 1. The number of halogens is 1. The highest BCUT2D eigenvalue weighted by atomic mass is 32.2. The van der Waals surface area contributed by atoms with Gasteiger partial charge in [-0.15, -0.1) is 0 Å². The highest BCUT2D eigenvalue weighted by Gasteiger charge is 2.26. The van der Waals surface area contributed by atoms with Gasteiger partial charge in [-0.2, -0.15) is 0 Å². The summed E-state index contributed by atoms with van der Waals surface area (Å²) in [6.45, 7) is 3.74. The minimum atomic E-state index is -4.06. The van der Waals surface area contributed by atoms with E-state index in [0.29, 0.717) is 16.6 Å². The molecule has 0 unspecified atom stereocenters. The molecular weight excluding hydrogens is 459 g/mol. The van der Waals surface area contributed by atoms with Gasteiger partial charge in [-0.05, 0) is 42.0 Å². The predicted octanol–water partition coefficient (Wildman–Crippen LogP) is 3.50. The van der Waals surface area contributed by atoms with Crippen LogP contribution < -0.4 is 15.7 Å². The van der Waals surface area contributed by atoms with Gasteiger partial charge in [0, 0.05) is 12.0 Å². The van der Waals surface area contributed by atoms with Crippen LogP contribution in [0.5, 0.6) is 0 Å². The molecule has 4 rings (SSSR count). The zero-order valence-corrected chi connectivity index (χ0v) is 19.3. The number of aromatic amines is 2. The van der Waals surface area contributed by atoms with Gasteiger partial charge in [0.2, 0.25) is 0 Å². The minimum Gasteiger partial charge on any atom is -0.351 e. The third-order valence-electron chi connectivity index (χ3n) is 5.51. The molecule has 10 heteroatoms. The molecule has 176 valence electrons. The molecule has 0 aliphatic carbocycles. The summed E-state index contributed by atoms with van der Waals surface area (Å²) < 4.78 is 42.6. The number of hydrogen-bond donors (Lipinski definition) is 4. The minimum absolute atomic E-state index is 0.0776. The van der Waals surface area contributed by atoms with Gasteiger partial charge < -0.3 is 15.3 Å². The molecule has 0 atom stereocenters. The van der Waals surface area contributed by atoms with E-state index in [9.17, 15) is 22.4 Å². The van der Waals surface area contributed by atoms with E-state index in [4.69, 9.17) is 0 Å². The fourth-order valence-electron chi connectivity index (χ4n) is 3.65. The number of imidazole rings is 1. The number of benzene rings is 3. The molecule has 1 amide bonds. The van der Waals surface area contributed by atoms with Crippen molar-refractivity contribution < 1.29 is 17.6 Å². The predicted molar refractivity (Wildman–Crippen MR) is 128 cm³/mol. The third kappa shape index (κ3) is 4.72. The van der Waals surface area contributed by atoms with Crippen LogP contribution in [0, 0.1) is 5.82 Å². The summed E-state index contributed by atoms with van der Waals surface area (Å²) in [5.41, 5.74) is 0.340. The standard InChI is InChI=1S/C24H23FN4O4S/c1-24(2,17-8-4-5-9-18(17)25)14-26-22(30)16-7-3-6-10-19(16)29-34(32,33)15-11-12-20-21(13-15)28-23(31)27-20/h3-13,29H,14H2,1-2H3,(H,26,30)(H2,27,28,31). The molecule has 0 aliphatic heterocycles. The van der Waals surface area contributed by atoms with Gasteiger partial charge in [0.25, 0.3) is 15.9 Å². The summed E-state index contributed by atoms with van der Waals surface area (Å²) >= 11 is 0. The highest BCUT2D eigenvalue weighted by Crippen LogP contribution is 2.26. The summed E-state index contributed by atoms with van der Waals surface area (Å²) in [4.78, 5) is 29.4. The lowest BCUT2D eigenvalue weighted by Crippen LogP contribution is -2.37. The molecule has 0 aliphatic rings. The Balaban J connectivity index is 1.55. The number of amides is 1. The van der Waals surface area contributed by atoms with E-state index >= 15 is 0 Å². The van der Waals surface area contributed by atoms with Crippen molar-refractivity contribution in [3.8, 4) is 0 Å². The van der Waals surface area contributed by atoms with Crippen molar-refractivity contribution in [1.82, 2.24) is 15.3 Å². The Labute approximate surface area is 195 Å². The smallest absolute Gasteiger partial charge is 0.323 e. The second-order valence-corrected chi connectivity index (χ2v) is 10.2. The average Bonchev–Trinajstić information content (AvgIpc) is 3.17. The normalized spacial score (nSPS) is 12.0. The molecule has 34 heavy (non-hydrogen) atoms. The molecule has 0 saturated heterocycles. The van der Waals surface area contributed by atoms with Gasteiger partial charge in [0.15, 0.2) is 0 Å². The van der Waals surface area contributed by atoms with E-state index in [1.54, 1.807) is 30.3 Å². The van der Waals surface area contributed by atoms with Crippen LogP contribution in [-0.4, -0.2) is 30.8 Å². The molecular formula is C24H23FN4O4S. The average molecular weight is 483 g/mol. The molecule has 0 bridgehead atoms. The molecule has 0 spiro atoms. The summed E-state index contributed by atoms with van der Waals surface area (Å²) in [5.74, 6) is -0.872. The molecule has 4 aromatic rings. The maximum Gasteiger partial charge on any atom is 0.323 e. The SMILES string of the molecule is CC(C)(CNC(=O)c1ccccc1NS(=O)(=O)c1ccc2[nH]c(=O)[nH]c2c1)c1ccccc1F. The van der Waals surface area contributed by atoms with Crippen LogP contribution in [-0.2, 0) is 15.4 Å². The van der Waals surface area contributed by atoms with Crippen LogP contribution in [0.2, 0.25) is 0 Å². The van der Waals surface area contributed by atoms with Crippen LogP contribution in [0.15, 0.2) is 76.4 Å². The molecule has 1 aromatic heterocycles. The lowest BCUT2D eigenvalue weighted by Gasteiger charge is -2.26. The molecule has 8 nitrogen and oxygen atoms in total. The fourth-order valence-corrected chi connectivity index (χ4v) is 4.76. The van der Waals surface area contributed by atoms with Crippen LogP contribution >= 0.6 is 0 Å². The summed E-state index contributed by atoms with van der Waals surface area (Å²) in [6, 6.07) is 16.7. The number of aromatic nitrogens is 2. The number of anilines is 1. The Bertz CT molecular complexity index is 1540. The van der Waals surface area contributed by atoms with Crippen molar-refractivity contribution >= 4 is 32.7 Å². The van der Waals surface area contributed by atoms with Crippen molar-refractivity contribution in [3.05, 3.63) is 94.2 Å². The largest absolute Gasteiger partial charge is 0.351 e. The first-order valence-electron chi connectivity index (χ1n) is 10.4. The molecule has 3 aromatic carbocycles. The van der Waals surface area contributed by atoms with E-state index in [1.165, 1.54) is 36.4 Å². The summed E-state index contributed by atoms with van der Waals surface area (Å²) in [6.07, 6.45) is 0. The van der Waals surface area contributed by atoms with Crippen LogP contribution in [0.3, 0.4) is 0 Å². The van der Waals surface area contributed by atoms with Crippen LogP contribution in [0.4, 0.5) is 10.1 Å². The van der Waals surface area contributed by atoms with E-state index in [-0.39, 0.29) is 28.5 Å². The van der Waals surface area contributed by atoms with Crippen molar-refractivity contribution in [1.29, 1.82) is 0 Å². The topological polar surface area (TPSA) is 124 Å². The number of rotatable bonds is 7. The third-order valence-corrected chi connectivity index (χ3v) is 6.87. The Hall–Kier alpha value is -3.92. The van der Waals surface area contributed by atoms with E-state index in [0.717, 1.165) is 0 Å². The van der Waals surface area contributed by atoms with Crippen molar-refractivity contribution in [3.63, 3.8) is 0 Å².